The molecule has 0 saturated heterocycles. The number of halogens is 3. The summed E-state index contributed by atoms with van der Waals surface area (Å²) in [5.74, 6) is 0. The Bertz CT molecular complexity index is 1130. The van der Waals surface area contributed by atoms with Crippen molar-refractivity contribution in [3.63, 3.8) is 0 Å². The Morgan fingerprint density at radius 1 is 0.964 bits per heavy atom. The Kier molecular flexibility index (Phi) is 4.14. The SMILES string of the molecule is Cc1cc(C(F)(F)F)n(-c2ccc(-n3cc(-c4cccc(N)c4)nn3)cc2)n1. The lowest BCUT2D eigenvalue weighted by atomic mass is 10.1. The lowest BCUT2D eigenvalue weighted by molar-refractivity contribution is -0.142. The van der Waals surface area contributed by atoms with Crippen molar-refractivity contribution in [1.82, 2.24) is 24.8 Å². The molecule has 0 aliphatic heterocycles. The smallest absolute Gasteiger partial charge is 0.399 e. The molecule has 0 atom stereocenters. The summed E-state index contributed by atoms with van der Waals surface area (Å²) >= 11 is 0. The van der Waals surface area contributed by atoms with Crippen molar-refractivity contribution < 1.29 is 13.2 Å². The third-order valence-electron chi connectivity index (χ3n) is 4.16. The number of nitrogens with two attached hydrogens (primary N) is 1. The van der Waals surface area contributed by atoms with Crippen molar-refractivity contribution in [3.8, 4) is 22.6 Å². The molecule has 6 nitrogen and oxygen atoms in total. The molecule has 0 aliphatic carbocycles. The van der Waals surface area contributed by atoms with Gasteiger partial charge in [-0.05, 0) is 49.4 Å². The number of hydrogen-bond donors (Lipinski definition) is 1. The summed E-state index contributed by atoms with van der Waals surface area (Å²) in [5, 5.41) is 12.2. The Balaban J connectivity index is 1.65. The van der Waals surface area contributed by atoms with E-state index < -0.39 is 11.9 Å². The number of hydrogen-bond acceptors (Lipinski definition) is 4. The number of anilines is 1. The molecule has 0 aliphatic rings. The Morgan fingerprint density at radius 3 is 2.36 bits per heavy atom. The van der Waals surface area contributed by atoms with E-state index in [4.69, 9.17) is 5.73 Å². The largest absolute Gasteiger partial charge is 0.433 e. The number of nitrogen functional groups attached to an aromatic ring is 1. The first-order valence-corrected chi connectivity index (χ1v) is 8.34. The zero-order valence-corrected chi connectivity index (χ0v) is 14.7. The van der Waals surface area contributed by atoms with Crippen LogP contribution in [0.15, 0.2) is 60.8 Å². The lowest BCUT2D eigenvalue weighted by Gasteiger charge is -2.10. The molecule has 2 heterocycles. The summed E-state index contributed by atoms with van der Waals surface area (Å²) in [6, 6.07) is 14.7. The van der Waals surface area contributed by atoms with E-state index in [1.54, 1.807) is 47.3 Å². The van der Waals surface area contributed by atoms with Gasteiger partial charge in [-0.15, -0.1) is 5.10 Å². The van der Waals surface area contributed by atoms with Gasteiger partial charge in [0.05, 0.1) is 23.3 Å². The predicted octanol–water partition coefficient (Wildman–Crippen LogP) is 4.03. The van der Waals surface area contributed by atoms with Gasteiger partial charge in [-0.2, -0.15) is 18.3 Å². The molecule has 2 N–H and O–H groups in total. The number of nitrogens with zero attached hydrogens (tertiary/aromatic N) is 5. The molecule has 2 aromatic heterocycles. The standard InChI is InChI=1S/C19H15F3N6/c1-12-9-18(19(20,21)22)28(25-12)16-7-5-15(6-8-16)27-11-17(24-26-27)13-3-2-4-14(23)10-13/h2-11H,23H2,1H3. The van der Waals surface area contributed by atoms with E-state index in [2.05, 4.69) is 15.4 Å². The van der Waals surface area contributed by atoms with Crippen LogP contribution in [0.4, 0.5) is 18.9 Å². The first-order valence-electron chi connectivity index (χ1n) is 8.34. The van der Waals surface area contributed by atoms with Crippen molar-refractivity contribution in [2.24, 2.45) is 0 Å². The fourth-order valence-corrected chi connectivity index (χ4v) is 2.87. The van der Waals surface area contributed by atoms with Gasteiger partial charge in [0.1, 0.15) is 11.4 Å². The molecular formula is C19H15F3N6. The Labute approximate surface area is 158 Å². The van der Waals surface area contributed by atoms with E-state index in [1.165, 1.54) is 6.92 Å². The van der Waals surface area contributed by atoms with Crippen molar-refractivity contribution in [2.75, 3.05) is 5.73 Å². The average molecular weight is 384 g/mol. The fourth-order valence-electron chi connectivity index (χ4n) is 2.87. The number of rotatable bonds is 3. The molecule has 0 unspecified atom stereocenters. The van der Waals surface area contributed by atoms with Crippen molar-refractivity contribution in [1.29, 1.82) is 0 Å². The van der Waals surface area contributed by atoms with E-state index in [-0.39, 0.29) is 0 Å². The molecule has 4 aromatic rings. The van der Waals surface area contributed by atoms with Crippen LogP contribution in [0.3, 0.4) is 0 Å². The van der Waals surface area contributed by atoms with Gasteiger partial charge in [0.15, 0.2) is 0 Å². The third-order valence-corrected chi connectivity index (χ3v) is 4.16. The average Bonchev–Trinajstić information content (AvgIpc) is 3.29. The van der Waals surface area contributed by atoms with Crippen LogP contribution in [-0.4, -0.2) is 24.8 Å². The van der Waals surface area contributed by atoms with Gasteiger partial charge in [0, 0.05) is 11.3 Å². The monoisotopic (exact) mass is 384 g/mol. The van der Waals surface area contributed by atoms with Gasteiger partial charge >= 0.3 is 6.18 Å². The van der Waals surface area contributed by atoms with Crippen LogP contribution in [0.2, 0.25) is 0 Å². The zero-order chi connectivity index (χ0) is 19.9. The molecule has 0 spiro atoms. The van der Waals surface area contributed by atoms with Gasteiger partial charge in [-0.3, -0.25) is 0 Å². The van der Waals surface area contributed by atoms with Crippen molar-refractivity contribution >= 4 is 5.69 Å². The summed E-state index contributed by atoms with van der Waals surface area (Å²) < 4.78 is 42.0. The summed E-state index contributed by atoms with van der Waals surface area (Å²) in [6.45, 7) is 1.52. The molecule has 0 fully saturated rings. The first kappa shape index (κ1) is 17.8. The van der Waals surface area contributed by atoms with E-state index in [9.17, 15) is 13.2 Å². The van der Waals surface area contributed by atoms with E-state index in [0.717, 1.165) is 16.3 Å². The zero-order valence-electron chi connectivity index (χ0n) is 14.7. The summed E-state index contributed by atoms with van der Waals surface area (Å²) in [7, 11) is 0. The summed E-state index contributed by atoms with van der Waals surface area (Å²) in [6.07, 6.45) is -2.76. The topological polar surface area (TPSA) is 74.5 Å². The third kappa shape index (κ3) is 3.34. The second-order valence-corrected chi connectivity index (χ2v) is 6.27. The van der Waals surface area contributed by atoms with E-state index in [1.807, 2.05) is 12.1 Å². The van der Waals surface area contributed by atoms with Crippen LogP contribution in [0.1, 0.15) is 11.4 Å². The number of alkyl halides is 3. The minimum atomic E-state index is -4.49. The molecule has 0 radical (unpaired) electrons. The highest BCUT2D eigenvalue weighted by Crippen LogP contribution is 2.31. The van der Waals surface area contributed by atoms with Gasteiger partial charge in [-0.1, -0.05) is 17.3 Å². The van der Waals surface area contributed by atoms with Crippen LogP contribution < -0.4 is 5.73 Å². The second-order valence-electron chi connectivity index (χ2n) is 6.27. The maximum Gasteiger partial charge on any atom is 0.433 e. The molecular weight excluding hydrogens is 369 g/mol. The Morgan fingerprint density at radius 2 is 1.68 bits per heavy atom. The Hall–Kier alpha value is -3.62. The van der Waals surface area contributed by atoms with Gasteiger partial charge in [0.2, 0.25) is 0 Å². The highest BCUT2D eigenvalue weighted by molar-refractivity contribution is 5.63. The van der Waals surface area contributed by atoms with E-state index in [0.29, 0.717) is 28.5 Å². The highest BCUT2D eigenvalue weighted by atomic mass is 19.4. The molecule has 142 valence electrons. The minimum Gasteiger partial charge on any atom is -0.399 e. The molecule has 4 rings (SSSR count). The van der Waals surface area contributed by atoms with Crippen LogP contribution in [0, 0.1) is 6.92 Å². The summed E-state index contributed by atoms with van der Waals surface area (Å²) in [4.78, 5) is 0. The molecule has 0 saturated carbocycles. The second kappa shape index (κ2) is 6.52. The molecule has 9 heteroatoms. The summed E-state index contributed by atoms with van der Waals surface area (Å²) in [5.41, 5.74) is 8.30. The maximum absolute atomic E-state index is 13.2. The quantitative estimate of drug-likeness (QED) is 0.541. The van der Waals surface area contributed by atoms with Crippen LogP contribution in [-0.2, 0) is 6.18 Å². The van der Waals surface area contributed by atoms with Crippen molar-refractivity contribution in [2.45, 2.75) is 13.1 Å². The lowest BCUT2D eigenvalue weighted by Crippen LogP contribution is -2.13. The minimum absolute atomic E-state index is 0.291. The molecule has 0 bridgehead atoms. The van der Waals surface area contributed by atoms with Gasteiger partial charge in [0.25, 0.3) is 0 Å². The number of aromatic nitrogens is 5. The van der Waals surface area contributed by atoms with Gasteiger partial charge in [-0.25, -0.2) is 9.36 Å². The predicted molar refractivity (Wildman–Crippen MR) is 98.1 cm³/mol. The number of benzene rings is 2. The molecule has 28 heavy (non-hydrogen) atoms. The van der Waals surface area contributed by atoms with Crippen LogP contribution >= 0.6 is 0 Å². The van der Waals surface area contributed by atoms with E-state index >= 15 is 0 Å². The highest BCUT2D eigenvalue weighted by Gasteiger charge is 2.35. The first-order chi connectivity index (χ1) is 13.3. The van der Waals surface area contributed by atoms with Crippen LogP contribution in [0.5, 0.6) is 0 Å². The van der Waals surface area contributed by atoms with Crippen LogP contribution in [0.25, 0.3) is 22.6 Å². The van der Waals surface area contributed by atoms with Gasteiger partial charge < -0.3 is 5.73 Å². The number of aryl methyl sites for hydroxylation is 1. The fraction of sp³-hybridized carbons (Fsp3) is 0.105. The van der Waals surface area contributed by atoms with Crippen molar-refractivity contribution in [3.05, 3.63) is 72.2 Å². The maximum atomic E-state index is 13.2. The molecule has 2 aromatic carbocycles. The normalized spacial score (nSPS) is 11.7. The molecule has 0 amide bonds.